The van der Waals surface area contributed by atoms with Crippen molar-refractivity contribution in [3.63, 3.8) is 0 Å². The highest BCUT2D eigenvalue weighted by Crippen LogP contribution is 2.30. The first kappa shape index (κ1) is 22.1. The molecule has 2 aliphatic rings. The Labute approximate surface area is 186 Å². The lowest BCUT2D eigenvalue weighted by Gasteiger charge is -2.28. The zero-order valence-electron chi connectivity index (χ0n) is 18.1. The highest BCUT2D eigenvalue weighted by molar-refractivity contribution is 6.00. The molecule has 172 valence electrons. The second-order valence-electron chi connectivity index (χ2n) is 8.73. The third-order valence-corrected chi connectivity index (χ3v) is 6.22. The van der Waals surface area contributed by atoms with Crippen molar-refractivity contribution in [2.24, 2.45) is 5.92 Å². The summed E-state index contributed by atoms with van der Waals surface area (Å²) in [6.07, 6.45) is 9.54. The second kappa shape index (κ2) is 10.5. The summed E-state index contributed by atoms with van der Waals surface area (Å²) in [5, 5.41) is 22.7. The van der Waals surface area contributed by atoms with Crippen LogP contribution in [0.2, 0.25) is 0 Å². The fraction of sp³-hybridized carbons (Fsp3) is 0.565. The van der Waals surface area contributed by atoms with E-state index < -0.39 is 11.9 Å². The number of hydrogen-bond donors (Lipinski definition) is 3. The number of ether oxygens (including phenoxy) is 1. The molecule has 0 saturated heterocycles. The Morgan fingerprint density at radius 1 is 1.00 bits per heavy atom. The van der Waals surface area contributed by atoms with E-state index in [1.165, 1.54) is 19.3 Å². The minimum absolute atomic E-state index is 0.0817. The number of aromatic nitrogens is 2. The Morgan fingerprint density at radius 2 is 1.72 bits per heavy atom. The molecule has 32 heavy (non-hydrogen) atoms. The topological polar surface area (TPSA) is 127 Å². The third kappa shape index (κ3) is 6.21. The van der Waals surface area contributed by atoms with Gasteiger partial charge in [-0.25, -0.2) is 0 Å². The van der Waals surface area contributed by atoms with E-state index in [-0.39, 0.29) is 30.3 Å². The largest absolute Gasteiger partial charge is 0.490 e. The van der Waals surface area contributed by atoms with Crippen molar-refractivity contribution >= 4 is 23.6 Å². The van der Waals surface area contributed by atoms with Crippen molar-refractivity contribution in [2.45, 2.75) is 76.4 Å². The van der Waals surface area contributed by atoms with Gasteiger partial charge in [0.1, 0.15) is 5.75 Å². The quantitative estimate of drug-likeness (QED) is 0.546. The predicted octanol–water partition coefficient (Wildman–Crippen LogP) is 4.48. The number of benzene rings is 1. The van der Waals surface area contributed by atoms with E-state index in [0.29, 0.717) is 11.7 Å². The predicted molar refractivity (Wildman–Crippen MR) is 118 cm³/mol. The van der Waals surface area contributed by atoms with Gasteiger partial charge in [0.15, 0.2) is 0 Å². The molecule has 0 unspecified atom stereocenters. The fourth-order valence-corrected chi connectivity index (χ4v) is 4.49. The summed E-state index contributed by atoms with van der Waals surface area (Å²) in [6, 6.07) is 7.75. The van der Waals surface area contributed by atoms with Crippen LogP contribution < -0.4 is 15.4 Å². The van der Waals surface area contributed by atoms with Crippen LogP contribution in [0, 0.1) is 5.92 Å². The smallest absolute Gasteiger partial charge is 0.316 e. The number of carbonyl (C=O) groups is 2. The van der Waals surface area contributed by atoms with Crippen LogP contribution in [0.3, 0.4) is 0 Å². The van der Waals surface area contributed by atoms with Crippen LogP contribution >= 0.6 is 0 Å². The number of amides is 1. The van der Waals surface area contributed by atoms with Crippen LogP contribution in [0.1, 0.15) is 74.9 Å². The number of nitrogens with one attached hydrogen (secondary N) is 2. The van der Waals surface area contributed by atoms with Crippen molar-refractivity contribution in [3.8, 4) is 5.75 Å². The van der Waals surface area contributed by atoms with Crippen LogP contribution in [-0.4, -0.2) is 39.3 Å². The number of carbonyl (C=O) groups excluding carboxylic acids is 1. The van der Waals surface area contributed by atoms with Crippen LogP contribution in [-0.2, 0) is 4.79 Å². The molecule has 1 aromatic carbocycles. The first-order valence-corrected chi connectivity index (χ1v) is 11.4. The summed E-state index contributed by atoms with van der Waals surface area (Å²) in [7, 11) is 0. The van der Waals surface area contributed by atoms with E-state index in [1.807, 2.05) is 12.1 Å². The van der Waals surface area contributed by atoms with Gasteiger partial charge in [0.05, 0.1) is 6.10 Å². The van der Waals surface area contributed by atoms with Crippen LogP contribution in [0.15, 0.2) is 28.7 Å². The number of hydrogen-bond acceptors (Lipinski definition) is 7. The fourth-order valence-electron chi connectivity index (χ4n) is 4.49. The van der Waals surface area contributed by atoms with Crippen LogP contribution in [0.25, 0.3) is 0 Å². The molecular formula is C23H30N4O5. The van der Waals surface area contributed by atoms with Gasteiger partial charge in [-0.15, -0.1) is 5.10 Å². The molecule has 0 bridgehead atoms. The minimum Gasteiger partial charge on any atom is -0.490 e. The van der Waals surface area contributed by atoms with Gasteiger partial charge in [0, 0.05) is 18.2 Å². The monoisotopic (exact) mass is 442 g/mol. The number of carboxylic acids is 1. The first-order chi connectivity index (χ1) is 15.5. The molecule has 0 radical (unpaired) electrons. The van der Waals surface area contributed by atoms with Gasteiger partial charge in [0.2, 0.25) is 0 Å². The SMILES string of the molecule is O=C(O)CC1CCC(Oc2ccc(NC(=O)c3nnc(NC4CCCCC4)o3)cc2)CC1. The van der Waals surface area contributed by atoms with E-state index in [9.17, 15) is 9.59 Å². The molecule has 9 nitrogen and oxygen atoms in total. The molecule has 2 aromatic rings. The summed E-state index contributed by atoms with van der Waals surface area (Å²) in [5.74, 6) is -0.305. The van der Waals surface area contributed by atoms with E-state index in [2.05, 4.69) is 20.8 Å². The number of anilines is 2. The van der Waals surface area contributed by atoms with Crippen LogP contribution in [0.5, 0.6) is 5.75 Å². The molecule has 0 aliphatic heterocycles. The van der Waals surface area contributed by atoms with Crippen molar-refractivity contribution in [2.75, 3.05) is 10.6 Å². The number of nitrogens with zero attached hydrogens (tertiary/aromatic N) is 2. The third-order valence-electron chi connectivity index (χ3n) is 6.22. The molecule has 2 saturated carbocycles. The number of rotatable bonds is 8. The summed E-state index contributed by atoms with van der Waals surface area (Å²) in [6.45, 7) is 0. The molecule has 0 atom stereocenters. The Hall–Kier alpha value is -3.10. The van der Waals surface area contributed by atoms with Crippen molar-refractivity contribution in [3.05, 3.63) is 30.2 Å². The molecule has 1 amide bonds. The summed E-state index contributed by atoms with van der Waals surface area (Å²) < 4.78 is 11.5. The van der Waals surface area contributed by atoms with Gasteiger partial charge < -0.3 is 24.9 Å². The zero-order valence-corrected chi connectivity index (χ0v) is 18.1. The first-order valence-electron chi connectivity index (χ1n) is 11.4. The van der Waals surface area contributed by atoms with Gasteiger partial charge in [-0.3, -0.25) is 9.59 Å². The van der Waals surface area contributed by atoms with E-state index in [4.69, 9.17) is 14.3 Å². The van der Waals surface area contributed by atoms with Gasteiger partial charge in [0.25, 0.3) is 0 Å². The molecule has 4 rings (SSSR count). The maximum atomic E-state index is 12.4. The lowest BCUT2D eigenvalue weighted by atomic mass is 9.85. The molecule has 1 heterocycles. The van der Waals surface area contributed by atoms with E-state index in [0.717, 1.165) is 44.3 Å². The summed E-state index contributed by atoms with van der Waals surface area (Å²) in [4.78, 5) is 23.3. The zero-order chi connectivity index (χ0) is 22.3. The summed E-state index contributed by atoms with van der Waals surface area (Å²) >= 11 is 0. The second-order valence-corrected chi connectivity index (χ2v) is 8.73. The molecule has 3 N–H and O–H groups in total. The van der Waals surface area contributed by atoms with Crippen molar-refractivity contribution < 1.29 is 23.8 Å². The average molecular weight is 443 g/mol. The Balaban J connectivity index is 1.24. The van der Waals surface area contributed by atoms with Gasteiger partial charge >= 0.3 is 23.8 Å². The molecule has 1 aromatic heterocycles. The lowest BCUT2D eigenvalue weighted by molar-refractivity contribution is -0.138. The Morgan fingerprint density at radius 3 is 2.41 bits per heavy atom. The van der Waals surface area contributed by atoms with E-state index >= 15 is 0 Å². The maximum absolute atomic E-state index is 12.4. The number of aliphatic carboxylic acids is 1. The number of carboxylic acid groups (broad SMARTS) is 1. The van der Waals surface area contributed by atoms with Gasteiger partial charge in [-0.05, 0) is 68.7 Å². The minimum atomic E-state index is -0.732. The molecular weight excluding hydrogens is 412 g/mol. The normalized spacial score (nSPS) is 21.6. The van der Waals surface area contributed by atoms with Crippen molar-refractivity contribution in [1.82, 2.24) is 10.2 Å². The standard InChI is InChI=1S/C23H30N4O5/c28-20(29)14-15-6-10-18(11-7-15)31-19-12-8-17(9-13-19)24-21(30)22-26-27-23(32-22)25-16-4-2-1-3-5-16/h8-9,12-13,15-16,18H,1-7,10-11,14H2,(H,24,30)(H,25,27)(H,28,29). The van der Waals surface area contributed by atoms with Gasteiger partial charge in [-0.2, -0.15) is 0 Å². The Kier molecular flexibility index (Phi) is 7.24. The van der Waals surface area contributed by atoms with Gasteiger partial charge in [-0.1, -0.05) is 24.4 Å². The molecule has 0 spiro atoms. The molecule has 2 aliphatic carbocycles. The van der Waals surface area contributed by atoms with Crippen LogP contribution in [0.4, 0.5) is 11.7 Å². The average Bonchev–Trinajstić information content (AvgIpc) is 3.25. The molecule has 2 fully saturated rings. The maximum Gasteiger partial charge on any atom is 0.316 e. The summed E-state index contributed by atoms with van der Waals surface area (Å²) in [5.41, 5.74) is 0.604. The highest BCUT2D eigenvalue weighted by Gasteiger charge is 2.24. The molecule has 9 heteroatoms. The lowest BCUT2D eigenvalue weighted by Crippen LogP contribution is -2.25. The Bertz CT molecular complexity index is 899. The highest BCUT2D eigenvalue weighted by atomic mass is 16.5. The van der Waals surface area contributed by atoms with Crippen molar-refractivity contribution in [1.29, 1.82) is 0 Å². The van der Waals surface area contributed by atoms with E-state index in [1.54, 1.807) is 12.1 Å².